The average molecular weight is 224 g/mol. The van der Waals surface area contributed by atoms with Crippen LogP contribution >= 0.6 is 0 Å². The first-order chi connectivity index (χ1) is 7.54. The number of amides is 1. The van der Waals surface area contributed by atoms with E-state index in [4.69, 9.17) is 10.8 Å². The molecule has 0 heterocycles. The maximum atomic E-state index is 11.9. The van der Waals surface area contributed by atoms with Crippen LogP contribution in [0.25, 0.3) is 0 Å². The molecule has 0 aliphatic heterocycles. The van der Waals surface area contributed by atoms with Crippen LogP contribution in [0.1, 0.15) is 6.42 Å². The molecule has 0 aromatic carbocycles. The summed E-state index contributed by atoms with van der Waals surface area (Å²) in [6.07, 6.45) is 5.58. The van der Waals surface area contributed by atoms with E-state index in [1.165, 1.54) is 11.0 Å². The fourth-order valence-electron chi connectivity index (χ4n) is 1.70. The van der Waals surface area contributed by atoms with Gasteiger partial charge in [0.15, 0.2) is 0 Å². The zero-order chi connectivity index (χ0) is 12.1. The molecule has 0 bridgehead atoms. The summed E-state index contributed by atoms with van der Waals surface area (Å²) in [6.45, 7) is 3.44. The van der Waals surface area contributed by atoms with Gasteiger partial charge in [-0.2, -0.15) is 0 Å². The molecule has 0 aromatic rings. The number of carbonyl (C=O) groups is 2. The molecule has 1 aliphatic rings. The van der Waals surface area contributed by atoms with Crippen molar-refractivity contribution in [1.82, 2.24) is 4.90 Å². The molecule has 5 nitrogen and oxygen atoms in total. The van der Waals surface area contributed by atoms with Crippen LogP contribution in [-0.4, -0.2) is 41.0 Å². The van der Waals surface area contributed by atoms with Crippen LogP contribution in [0.2, 0.25) is 0 Å². The van der Waals surface area contributed by atoms with Gasteiger partial charge in [-0.25, -0.2) is 0 Å². The van der Waals surface area contributed by atoms with Crippen molar-refractivity contribution in [2.45, 2.75) is 12.5 Å². The smallest absolute Gasteiger partial charge is 0.323 e. The lowest BCUT2D eigenvalue weighted by atomic mass is 10.1. The van der Waals surface area contributed by atoms with Crippen molar-refractivity contribution in [3.63, 3.8) is 0 Å². The van der Waals surface area contributed by atoms with Gasteiger partial charge >= 0.3 is 5.97 Å². The first-order valence-corrected chi connectivity index (χ1v) is 5.10. The number of hydrogen-bond acceptors (Lipinski definition) is 3. The van der Waals surface area contributed by atoms with Crippen LogP contribution in [0, 0.1) is 5.92 Å². The minimum atomic E-state index is -1.03. The molecule has 0 fully saturated rings. The summed E-state index contributed by atoms with van der Waals surface area (Å²) in [5.74, 6) is -1.53. The van der Waals surface area contributed by atoms with Crippen molar-refractivity contribution in [3.8, 4) is 0 Å². The molecule has 0 radical (unpaired) electrons. The Kier molecular flexibility index (Phi) is 4.25. The average Bonchev–Trinajstić information content (AvgIpc) is 2.62. The van der Waals surface area contributed by atoms with Crippen LogP contribution < -0.4 is 5.73 Å². The molecule has 3 N–H and O–H groups in total. The second kappa shape index (κ2) is 5.46. The van der Waals surface area contributed by atoms with E-state index in [9.17, 15) is 9.59 Å². The number of carboxylic acid groups (broad SMARTS) is 1. The summed E-state index contributed by atoms with van der Waals surface area (Å²) < 4.78 is 0. The topological polar surface area (TPSA) is 83.6 Å². The van der Waals surface area contributed by atoms with Crippen molar-refractivity contribution in [3.05, 3.63) is 24.8 Å². The minimum Gasteiger partial charge on any atom is -0.480 e. The Morgan fingerprint density at radius 2 is 2.25 bits per heavy atom. The summed E-state index contributed by atoms with van der Waals surface area (Å²) in [5.41, 5.74) is 5.64. The van der Waals surface area contributed by atoms with Gasteiger partial charge in [0.05, 0.1) is 5.92 Å². The maximum Gasteiger partial charge on any atom is 0.323 e. The Labute approximate surface area is 94.2 Å². The van der Waals surface area contributed by atoms with E-state index in [1.807, 2.05) is 0 Å². The van der Waals surface area contributed by atoms with Crippen molar-refractivity contribution in [2.24, 2.45) is 11.7 Å². The number of rotatable bonds is 5. The fourth-order valence-corrected chi connectivity index (χ4v) is 1.70. The van der Waals surface area contributed by atoms with Gasteiger partial charge in [0, 0.05) is 12.6 Å². The maximum absolute atomic E-state index is 11.9. The number of nitrogens with zero attached hydrogens (tertiary/aromatic N) is 1. The lowest BCUT2D eigenvalue weighted by Crippen LogP contribution is -2.39. The van der Waals surface area contributed by atoms with E-state index in [0.29, 0.717) is 6.42 Å². The highest BCUT2D eigenvalue weighted by molar-refractivity contribution is 5.85. The quantitative estimate of drug-likeness (QED) is 0.643. The third-order valence-electron chi connectivity index (χ3n) is 2.42. The first kappa shape index (κ1) is 12.4. The van der Waals surface area contributed by atoms with Crippen molar-refractivity contribution in [2.75, 3.05) is 13.1 Å². The van der Waals surface area contributed by atoms with Crippen molar-refractivity contribution >= 4 is 11.9 Å². The van der Waals surface area contributed by atoms with Crippen LogP contribution in [0.5, 0.6) is 0 Å². The number of aliphatic carboxylic acids is 1. The van der Waals surface area contributed by atoms with Gasteiger partial charge in [-0.3, -0.25) is 9.59 Å². The lowest BCUT2D eigenvalue weighted by Gasteiger charge is -2.22. The van der Waals surface area contributed by atoms with Gasteiger partial charge in [-0.15, -0.1) is 6.58 Å². The third-order valence-corrected chi connectivity index (χ3v) is 2.42. The molecule has 16 heavy (non-hydrogen) atoms. The SMILES string of the molecule is C=CCN(CC(=O)O)C(=O)C1C=CC(N)C1. The summed E-state index contributed by atoms with van der Waals surface area (Å²) in [6, 6.07) is -0.107. The largest absolute Gasteiger partial charge is 0.480 e. The van der Waals surface area contributed by atoms with Gasteiger partial charge in [0.1, 0.15) is 6.54 Å². The van der Waals surface area contributed by atoms with E-state index in [2.05, 4.69) is 6.58 Å². The number of carboxylic acids is 1. The zero-order valence-electron chi connectivity index (χ0n) is 9.00. The molecule has 1 amide bonds. The Bertz CT molecular complexity index is 325. The standard InChI is InChI=1S/C11H16N2O3/c1-2-5-13(7-10(14)15)11(16)8-3-4-9(12)6-8/h2-4,8-9H,1,5-7,12H2,(H,14,15). The second-order valence-corrected chi connectivity index (χ2v) is 3.79. The summed E-state index contributed by atoms with van der Waals surface area (Å²) in [5, 5.41) is 8.68. The highest BCUT2D eigenvalue weighted by Crippen LogP contribution is 2.18. The van der Waals surface area contributed by atoms with E-state index in [-0.39, 0.29) is 31.0 Å². The lowest BCUT2D eigenvalue weighted by molar-refractivity contribution is -0.145. The molecule has 88 valence electrons. The van der Waals surface area contributed by atoms with Crippen LogP contribution in [0.4, 0.5) is 0 Å². The Morgan fingerprint density at radius 1 is 1.56 bits per heavy atom. The molecule has 1 rings (SSSR count). The zero-order valence-corrected chi connectivity index (χ0v) is 9.00. The summed E-state index contributed by atoms with van der Waals surface area (Å²) in [4.78, 5) is 23.8. The number of hydrogen-bond donors (Lipinski definition) is 2. The molecule has 0 saturated carbocycles. The monoisotopic (exact) mass is 224 g/mol. The third kappa shape index (κ3) is 3.20. The number of nitrogens with two attached hydrogens (primary N) is 1. The Hall–Kier alpha value is -1.62. The van der Waals surface area contributed by atoms with Gasteiger partial charge < -0.3 is 15.7 Å². The molecule has 0 spiro atoms. The predicted octanol–water partition coefficient (Wildman–Crippen LogP) is -0.0110. The van der Waals surface area contributed by atoms with Gasteiger partial charge in [-0.1, -0.05) is 18.2 Å². The van der Waals surface area contributed by atoms with E-state index >= 15 is 0 Å². The van der Waals surface area contributed by atoms with Crippen LogP contribution in [0.15, 0.2) is 24.8 Å². The van der Waals surface area contributed by atoms with E-state index in [0.717, 1.165) is 0 Å². The molecule has 2 atom stereocenters. The molecule has 1 aliphatic carbocycles. The van der Waals surface area contributed by atoms with Crippen LogP contribution in [-0.2, 0) is 9.59 Å². The molecular formula is C11H16N2O3. The Balaban J connectivity index is 2.63. The van der Waals surface area contributed by atoms with Crippen LogP contribution in [0.3, 0.4) is 0 Å². The fraction of sp³-hybridized carbons (Fsp3) is 0.455. The molecule has 0 aromatic heterocycles. The van der Waals surface area contributed by atoms with Gasteiger partial charge in [-0.05, 0) is 6.42 Å². The van der Waals surface area contributed by atoms with Crippen molar-refractivity contribution < 1.29 is 14.7 Å². The highest BCUT2D eigenvalue weighted by Gasteiger charge is 2.27. The second-order valence-electron chi connectivity index (χ2n) is 3.79. The minimum absolute atomic E-state index is 0.107. The van der Waals surface area contributed by atoms with E-state index < -0.39 is 5.97 Å². The first-order valence-electron chi connectivity index (χ1n) is 5.10. The highest BCUT2D eigenvalue weighted by atomic mass is 16.4. The normalized spacial score (nSPS) is 23.1. The Morgan fingerprint density at radius 3 is 2.69 bits per heavy atom. The molecule has 2 unspecified atom stereocenters. The van der Waals surface area contributed by atoms with Gasteiger partial charge in [0.2, 0.25) is 5.91 Å². The summed E-state index contributed by atoms with van der Waals surface area (Å²) >= 11 is 0. The van der Waals surface area contributed by atoms with E-state index in [1.54, 1.807) is 12.2 Å². The molecule has 5 heteroatoms. The summed E-state index contributed by atoms with van der Waals surface area (Å²) in [7, 11) is 0. The molecular weight excluding hydrogens is 208 g/mol. The molecule has 0 saturated heterocycles. The predicted molar refractivity (Wildman–Crippen MR) is 59.6 cm³/mol. The van der Waals surface area contributed by atoms with Crippen molar-refractivity contribution in [1.29, 1.82) is 0 Å². The number of carbonyl (C=O) groups excluding carboxylic acids is 1. The van der Waals surface area contributed by atoms with Gasteiger partial charge in [0.25, 0.3) is 0 Å².